The predicted molar refractivity (Wildman–Crippen MR) is 42.2 cm³/mol. The minimum absolute atomic E-state index is 0.483. The van der Waals surface area contributed by atoms with E-state index in [0.717, 1.165) is 0 Å². The molecule has 0 bridgehead atoms. The molecule has 0 amide bonds. The second-order valence-corrected chi connectivity index (χ2v) is 4.87. The lowest BCUT2D eigenvalue weighted by atomic mass is 9.98. The zero-order valence-corrected chi connectivity index (χ0v) is 8.26. The van der Waals surface area contributed by atoms with Crippen molar-refractivity contribution in [3.8, 4) is 0 Å². The average Bonchev–Trinajstić information content (AvgIpc) is 1.56. The summed E-state index contributed by atoms with van der Waals surface area (Å²) in [7, 11) is -4.45. The lowest BCUT2D eigenvalue weighted by molar-refractivity contribution is 0.110. The van der Waals surface area contributed by atoms with Gasteiger partial charge in [0.05, 0.1) is 0 Å². The summed E-state index contributed by atoms with van der Waals surface area (Å²) in [5.41, 5.74) is -1.47. The van der Waals surface area contributed by atoms with E-state index in [4.69, 9.17) is 21.4 Å². The van der Waals surface area contributed by atoms with Gasteiger partial charge in [-0.2, -0.15) is 0 Å². The molecule has 0 aromatic carbocycles. The van der Waals surface area contributed by atoms with Gasteiger partial charge >= 0.3 is 7.82 Å². The molecule has 0 fully saturated rings. The van der Waals surface area contributed by atoms with Gasteiger partial charge in [0.15, 0.2) is 0 Å². The number of phosphoric ester groups is 1. The number of rotatable bonds is 2. The number of hydrogen-bond acceptors (Lipinski definition) is 2. The van der Waals surface area contributed by atoms with Crippen LogP contribution in [-0.2, 0) is 9.09 Å². The van der Waals surface area contributed by atoms with Crippen molar-refractivity contribution in [2.75, 3.05) is 0 Å². The number of alkyl halides is 1. The fraction of sp³-hybridized carbons (Fsp3) is 1.00. The van der Waals surface area contributed by atoms with Crippen molar-refractivity contribution >= 4 is 19.4 Å². The molecule has 0 saturated heterocycles. The maximum Gasteiger partial charge on any atom is 0.471 e. The van der Waals surface area contributed by atoms with E-state index in [2.05, 4.69) is 4.52 Å². The monoisotopic (exact) mass is 202 g/mol. The average molecular weight is 203 g/mol. The van der Waals surface area contributed by atoms with E-state index in [1.807, 2.05) is 0 Å². The summed E-state index contributed by atoms with van der Waals surface area (Å²) in [4.78, 5) is 16.7. The molecule has 0 aliphatic carbocycles. The smallest absolute Gasteiger partial charge is 0.303 e. The third kappa shape index (κ3) is 5.65. The van der Waals surface area contributed by atoms with Crippen LogP contribution in [-0.4, -0.2) is 15.3 Å². The molecule has 6 heteroatoms. The van der Waals surface area contributed by atoms with Crippen molar-refractivity contribution in [1.82, 2.24) is 0 Å². The summed E-state index contributed by atoms with van der Waals surface area (Å²) in [5, 5.41) is 0. The summed E-state index contributed by atoms with van der Waals surface area (Å²) >= 11 is 5.53. The first kappa shape index (κ1) is 11.4. The van der Waals surface area contributed by atoms with Crippen LogP contribution in [0.1, 0.15) is 20.8 Å². The SMILES string of the molecule is CC(C)(C)C(Cl)OP(=O)(O)O. The Morgan fingerprint density at radius 1 is 1.45 bits per heavy atom. The summed E-state index contributed by atoms with van der Waals surface area (Å²) in [6.45, 7) is 5.17. The number of phosphoric acid groups is 1. The van der Waals surface area contributed by atoms with E-state index in [-0.39, 0.29) is 0 Å². The van der Waals surface area contributed by atoms with Gasteiger partial charge in [-0.25, -0.2) is 4.57 Å². The standard InChI is InChI=1S/C5H12ClO4P/c1-5(2,3)4(6)10-11(7,8)9/h4H,1-3H3,(H2,7,8,9). The molecule has 0 aliphatic heterocycles. The molecular weight excluding hydrogens is 190 g/mol. The van der Waals surface area contributed by atoms with Crippen LogP contribution in [0.4, 0.5) is 0 Å². The van der Waals surface area contributed by atoms with Crippen LogP contribution < -0.4 is 0 Å². The Hall–Kier alpha value is 0.400. The van der Waals surface area contributed by atoms with Crippen LogP contribution >= 0.6 is 19.4 Å². The second-order valence-electron chi connectivity index (χ2n) is 3.28. The maximum absolute atomic E-state index is 10.3. The molecule has 0 aliphatic rings. The minimum Gasteiger partial charge on any atom is -0.303 e. The summed E-state index contributed by atoms with van der Waals surface area (Å²) in [6.07, 6.45) is 0. The van der Waals surface area contributed by atoms with E-state index in [1.54, 1.807) is 20.8 Å². The van der Waals surface area contributed by atoms with Crippen molar-refractivity contribution in [1.29, 1.82) is 0 Å². The van der Waals surface area contributed by atoms with Crippen LogP contribution in [0.3, 0.4) is 0 Å². The van der Waals surface area contributed by atoms with Crippen LogP contribution in [0.5, 0.6) is 0 Å². The van der Waals surface area contributed by atoms with Gasteiger partial charge in [-0.15, -0.1) is 0 Å². The molecular formula is C5H12ClO4P. The zero-order chi connectivity index (χ0) is 9.28. The highest BCUT2D eigenvalue weighted by atomic mass is 35.5. The van der Waals surface area contributed by atoms with E-state index in [0.29, 0.717) is 0 Å². The van der Waals surface area contributed by atoms with Crippen LogP contribution in [0.2, 0.25) is 0 Å². The Morgan fingerprint density at radius 2 is 1.82 bits per heavy atom. The highest BCUT2D eigenvalue weighted by Crippen LogP contribution is 2.42. The van der Waals surface area contributed by atoms with Crippen molar-refractivity contribution < 1.29 is 18.9 Å². The molecule has 0 rings (SSSR count). The first-order chi connectivity index (χ1) is 4.63. The van der Waals surface area contributed by atoms with Crippen LogP contribution in [0.15, 0.2) is 0 Å². The fourth-order valence-corrected chi connectivity index (χ4v) is 1.15. The van der Waals surface area contributed by atoms with Crippen molar-refractivity contribution in [3.63, 3.8) is 0 Å². The molecule has 4 nitrogen and oxygen atoms in total. The Morgan fingerprint density at radius 3 is 1.91 bits per heavy atom. The number of halogens is 1. The Balaban J connectivity index is 4.10. The van der Waals surface area contributed by atoms with Gasteiger partial charge < -0.3 is 9.79 Å². The molecule has 0 radical (unpaired) electrons. The molecule has 68 valence electrons. The Bertz CT molecular complexity index is 170. The van der Waals surface area contributed by atoms with E-state index < -0.39 is 18.8 Å². The van der Waals surface area contributed by atoms with Crippen LogP contribution in [0, 0.1) is 5.41 Å². The number of hydrogen-bond donors (Lipinski definition) is 2. The van der Waals surface area contributed by atoms with Gasteiger partial charge in [0.1, 0.15) is 5.56 Å². The van der Waals surface area contributed by atoms with Crippen LogP contribution in [0.25, 0.3) is 0 Å². The molecule has 0 saturated carbocycles. The fourth-order valence-electron chi connectivity index (χ4n) is 0.279. The first-order valence-corrected chi connectivity index (χ1v) is 4.97. The molecule has 1 atom stereocenters. The van der Waals surface area contributed by atoms with Gasteiger partial charge in [-0.1, -0.05) is 32.4 Å². The highest BCUT2D eigenvalue weighted by molar-refractivity contribution is 7.46. The van der Waals surface area contributed by atoms with E-state index >= 15 is 0 Å². The van der Waals surface area contributed by atoms with Gasteiger partial charge in [-0.05, 0) is 0 Å². The normalized spacial score (nSPS) is 16.5. The minimum atomic E-state index is -4.45. The first-order valence-electron chi connectivity index (χ1n) is 3.01. The molecule has 0 heterocycles. The molecule has 0 aromatic heterocycles. The van der Waals surface area contributed by atoms with E-state index in [9.17, 15) is 4.57 Å². The van der Waals surface area contributed by atoms with Gasteiger partial charge in [0.2, 0.25) is 0 Å². The molecule has 0 spiro atoms. The Kier molecular flexibility index (Phi) is 3.54. The van der Waals surface area contributed by atoms with Gasteiger partial charge in [0.25, 0.3) is 0 Å². The largest absolute Gasteiger partial charge is 0.471 e. The third-order valence-corrected chi connectivity index (χ3v) is 2.26. The van der Waals surface area contributed by atoms with Crippen molar-refractivity contribution in [2.24, 2.45) is 5.41 Å². The molecule has 1 unspecified atom stereocenters. The lowest BCUT2D eigenvalue weighted by Gasteiger charge is -2.24. The van der Waals surface area contributed by atoms with Gasteiger partial charge in [0, 0.05) is 5.41 Å². The highest BCUT2D eigenvalue weighted by Gasteiger charge is 2.29. The maximum atomic E-state index is 10.3. The summed E-state index contributed by atoms with van der Waals surface area (Å²) in [6, 6.07) is 0. The van der Waals surface area contributed by atoms with Gasteiger partial charge in [-0.3, -0.25) is 4.52 Å². The molecule has 2 N–H and O–H groups in total. The quantitative estimate of drug-likeness (QED) is 0.528. The van der Waals surface area contributed by atoms with E-state index in [1.165, 1.54) is 0 Å². The topological polar surface area (TPSA) is 66.8 Å². The Labute approximate surface area is 70.8 Å². The zero-order valence-electron chi connectivity index (χ0n) is 6.61. The summed E-state index contributed by atoms with van der Waals surface area (Å²) < 4.78 is 14.5. The van der Waals surface area contributed by atoms with Crippen molar-refractivity contribution in [3.05, 3.63) is 0 Å². The second kappa shape index (κ2) is 3.42. The lowest BCUT2D eigenvalue weighted by Crippen LogP contribution is -2.22. The third-order valence-electron chi connectivity index (χ3n) is 0.911. The molecule has 0 aromatic rings. The van der Waals surface area contributed by atoms with Crippen molar-refractivity contribution in [2.45, 2.75) is 26.3 Å². The molecule has 11 heavy (non-hydrogen) atoms. The summed E-state index contributed by atoms with van der Waals surface area (Å²) in [5.74, 6) is 0. The predicted octanol–water partition coefficient (Wildman–Crippen LogP) is 1.71.